The van der Waals surface area contributed by atoms with Crippen LogP contribution in [0.25, 0.3) is 0 Å². The van der Waals surface area contributed by atoms with E-state index in [4.69, 9.17) is 5.11 Å². The monoisotopic (exact) mass is 339 g/mol. The fourth-order valence-electron chi connectivity index (χ4n) is 3.34. The summed E-state index contributed by atoms with van der Waals surface area (Å²) in [4.78, 5) is 22.9. The van der Waals surface area contributed by atoms with Crippen molar-refractivity contribution < 1.29 is 23.5 Å². The average Bonchev–Trinajstić information content (AvgIpc) is 2.55. The molecule has 1 aliphatic carbocycles. The summed E-state index contributed by atoms with van der Waals surface area (Å²) >= 11 is 0. The van der Waals surface area contributed by atoms with Crippen molar-refractivity contribution in [1.82, 2.24) is 5.32 Å². The number of alkyl halides is 2. The largest absolute Gasteiger partial charge is 0.480 e. The van der Waals surface area contributed by atoms with Crippen molar-refractivity contribution in [2.24, 2.45) is 5.92 Å². The minimum Gasteiger partial charge on any atom is -0.480 e. The smallest absolute Gasteiger partial charge is 0.326 e. The van der Waals surface area contributed by atoms with Gasteiger partial charge >= 0.3 is 5.97 Å². The minimum absolute atomic E-state index is 0.186. The first-order valence-electron chi connectivity index (χ1n) is 8.31. The Balaban J connectivity index is 1.78. The van der Waals surface area contributed by atoms with E-state index in [9.17, 15) is 18.4 Å². The van der Waals surface area contributed by atoms with Gasteiger partial charge in [0, 0.05) is 12.8 Å². The molecule has 24 heavy (non-hydrogen) atoms. The molecule has 1 saturated carbocycles. The summed E-state index contributed by atoms with van der Waals surface area (Å²) in [5.74, 6) is -1.19. The molecule has 6 heteroatoms. The second-order valence-corrected chi connectivity index (χ2v) is 6.42. The number of aliphatic carboxylic acids is 1. The molecule has 2 N–H and O–H groups in total. The number of carbonyl (C=O) groups is 2. The highest BCUT2D eigenvalue weighted by atomic mass is 19.3. The van der Waals surface area contributed by atoms with Crippen LogP contribution in [0.1, 0.15) is 50.0 Å². The Morgan fingerprint density at radius 1 is 1.12 bits per heavy atom. The van der Waals surface area contributed by atoms with Crippen LogP contribution in [0.5, 0.6) is 0 Å². The molecule has 132 valence electrons. The van der Waals surface area contributed by atoms with Gasteiger partial charge in [-0.2, -0.15) is 0 Å². The van der Waals surface area contributed by atoms with E-state index in [1.165, 1.54) is 5.56 Å². The lowest BCUT2D eigenvalue weighted by Crippen LogP contribution is -2.42. The zero-order valence-corrected chi connectivity index (χ0v) is 13.5. The van der Waals surface area contributed by atoms with E-state index < -0.39 is 30.8 Å². The Morgan fingerprint density at radius 2 is 1.75 bits per heavy atom. The number of carboxylic acid groups (broad SMARTS) is 1. The second-order valence-electron chi connectivity index (χ2n) is 6.42. The Bertz CT molecular complexity index is 542. The number of amides is 1. The van der Waals surface area contributed by atoms with E-state index >= 15 is 0 Å². The summed E-state index contributed by atoms with van der Waals surface area (Å²) in [7, 11) is 0. The lowest BCUT2D eigenvalue weighted by molar-refractivity contribution is -0.143. The number of halogens is 2. The van der Waals surface area contributed by atoms with Crippen LogP contribution in [0.15, 0.2) is 30.3 Å². The Hall–Kier alpha value is -1.98. The molecule has 1 amide bonds. The fraction of sp³-hybridized carbons (Fsp3) is 0.556. The summed E-state index contributed by atoms with van der Waals surface area (Å²) in [5, 5.41) is 11.1. The van der Waals surface area contributed by atoms with Gasteiger partial charge in [-0.25, -0.2) is 13.6 Å². The third kappa shape index (κ3) is 5.58. The van der Waals surface area contributed by atoms with Gasteiger partial charge in [0.05, 0.1) is 0 Å². The van der Waals surface area contributed by atoms with Crippen molar-refractivity contribution in [2.75, 3.05) is 0 Å². The van der Waals surface area contributed by atoms with Crippen LogP contribution in [0.3, 0.4) is 0 Å². The van der Waals surface area contributed by atoms with Gasteiger partial charge in [-0.1, -0.05) is 30.3 Å². The molecule has 0 aromatic heterocycles. The fourth-order valence-corrected chi connectivity index (χ4v) is 3.34. The maximum absolute atomic E-state index is 12.3. The van der Waals surface area contributed by atoms with Crippen molar-refractivity contribution in [3.63, 3.8) is 0 Å². The van der Waals surface area contributed by atoms with Crippen LogP contribution in [0.4, 0.5) is 8.78 Å². The molecule has 0 spiro atoms. The van der Waals surface area contributed by atoms with Crippen molar-refractivity contribution in [3.05, 3.63) is 35.9 Å². The van der Waals surface area contributed by atoms with Gasteiger partial charge in [0.2, 0.25) is 12.3 Å². The Kier molecular flexibility index (Phi) is 6.70. The SMILES string of the molecule is O=C(CC1CCC(c2ccccc2)CC1)NC(CC(F)F)C(=O)O. The van der Waals surface area contributed by atoms with Crippen molar-refractivity contribution in [3.8, 4) is 0 Å². The third-order valence-corrected chi connectivity index (χ3v) is 4.64. The number of rotatable bonds is 7. The number of hydrogen-bond acceptors (Lipinski definition) is 2. The molecule has 0 aliphatic heterocycles. The van der Waals surface area contributed by atoms with Gasteiger partial charge in [-0.05, 0) is 43.1 Å². The highest BCUT2D eigenvalue weighted by Gasteiger charge is 2.27. The summed E-state index contributed by atoms with van der Waals surface area (Å²) in [5.41, 5.74) is 1.31. The van der Waals surface area contributed by atoms with E-state index in [1.807, 2.05) is 18.2 Å². The lowest BCUT2D eigenvalue weighted by atomic mass is 9.77. The van der Waals surface area contributed by atoms with Crippen LogP contribution in [0, 0.1) is 5.92 Å². The summed E-state index contributed by atoms with van der Waals surface area (Å²) < 4.78 is 24.7. The van der Waals surface area contributed by atoms with Gasteiger partial charge in [-0.15, -0.1) is 0 Å². The topological polar surface area (TPSA) is 66.4 Å². The molecule has 2 rings (SSSR count). The molecule has 0 heterocycles. The summed E-state index contributed by atoms with van der Waals surface area (Å²) in [6.45, 7) is 0. The standard InChI is InChI=1S/C18H23F2NO3/c19-16(20)11-15(18(23)24)21-17(22)10-12-6-8-14(9-7-12)13-4-2-1-3-5-13/h1-5,12,14-16H,6-11H2,(H,21,22)(H,23,24). The van der Waals surface area contributed by atoms with E-state index in [0.29, 0.717) is 5.92 Å². The maximum Gasteiger partial charge on any atom is 0.326 e. The first-order valence-corrected chi connectivity index (χ1v) is 8.31. The number of carboxylic acids is 1. The van der Waals surface area contributed by atoms with E-state index in [0.717, 1.165) is 25.7 Å². The Labute approximate surface area is 140 Å². The van der Waals surface area contributed by atoms with Crippen molar-refractivity contribution in [1.29, 1.82) is 0 Å². The predicted octanol–water partition coefficient (Wildman–Crippen LogP) is 3.58. The average molecular weight is 339 g/mol. The number of nitrogens with one attached hydrogen (secondary N) is 1. The molecule has 1 fully saturated rings. The van der Waals surface area contributed by atoms with E-state index in [-0.39, 0.29) is 12.3 Å². The van der Waals surface area contributed by atoms with Crippen LogP contribution in [0.2, 0.25) is 0 Å². The zero-order valence-electron chi connectivity index (χ0n) is 13.5. The number of benzene rings is 1. The molecule has 4 nitrogen and oxygen atoms in total. The van der Waals surface area contributed by atoms with Gasteiger partial charge in [0.25, 0.3) is 0 Å². The maximum atomic E-state index is 12.3. The van der Waals surface area contributed by atoms with Crippen LogP contribution in [-0.4, -0.2) is 29.5 Å². The number of hydrogen-bond donors (Lipinski definition) is 2. The predicted molar refractivity (Wildman–Crippen MR) is 85.9 cm³/mol. The molecule has 1 aromatic carbocycles. The van der Waals surface area contributed by atoms with E-state index in [1.54, 1.807) is 0 Å². The molecule has 0 bridgehead atoms. The van der Waals surface area contributed by atoms with Crippen molar-refractivity contribution >= 4 is 11.9 Å². The zero-order chi connectivity index (χ0) is 17.5. The van der Waals surface area contributed by atoms with Crippen LogP contribution >= 0.6 is 0 Å². The Morgan fingerprint density at radius 3 is 2.29 bits per heavy atom. The van der Waals surface area contributed by atoms with Gasteiger partial charge in [0.15, 0.2) is 0 Å². The molecular weight excluding hydrogens is 316 g/mol. The molecule has 1 atom stereocenters. The molecule has 1 unspecified atom stereocenters. The highest BCUT2D eigenvalue weighted by molar-refractivity contribution is 5.83. The summed E-state index contributed by atoms with van der Waals surface area (Å²) in [6, 6.07) is 8.73. The summed E-state index contributed by atoms with van der Waals surface area (Å²) in [6.07, 6.45) is 0.339. The first-order chi connectivity index (χ1) is 11.5. The normalized spacial score (nSPS) is 22.1. The molecular formula is C18H23F2NO3. The van der Waals surface area contributed by atoms with Crippen LogP contribution < -0.4 is 5.32 Å². The lowest BCUT2D eigenvalue weighted by Gasteiger charge is -2.28. The third-order valence-electron chi connectivity index (χ3n) is 4.64. The molecule has 0 radical (unpaired) electrons. The second kappa shape index (κ2) is 8.76. The molecule has 1 aromatic rings. The van der Waals surface area contributed by atoms with Crippen molar-refractivity contribution in [2.45, 2.75) is 56.9 Å². The highest BCUT2D eigenvalue weighted by Crippen LogP contribution is 2.36. The van der Waals surface area contributed by atoms with E-state index in [2.05, 4.69) is 17.4 Å². The molecule has 0 saturated heterocycles. The van der Waals surface area contributed by atoms with Gasteiger partial charge in [-0.3, -0.25) is 4.79 Å². The van der Waals surface area contributed by atoms with Gasteiger partial charge < -0.3 is 10.4 Å². The number of carbonyl (C=O) groups excluding carboxylic acids is 1. The van der Waals surface area contributed by atoms with Crippen LogP contribution in [-0.2, 0) is 9.59 Å². The first kappa shape index (κ1) is 18.4. The van der Waals surface area contributed by atoms with Gasteiger partial charge in [0.1, 0.15) is 6.04 Å². The quantitative estimate of drug-likeness (QED) is 0.798. The molecule has 1 aliphatic rings. The minimum atomic E-state index is -2.76.